The first kappa shape index (κ1) is 19.2. The Bertz CT molecular complexity index is 786. The van der Waals surface area contributed by atoms with Gasteiger partial charge in [-0.25, -0.2) is 0 Å². The zero-order valence-electron chi connectivity index (χ0n) is 16.0. The first-order valence-electron chi connectivity index (χ1n) is 9.35. The second-order valence-electron chi connectivity index (χ2n) is 6.66. The fourth-order valence-electron chi connectivity index (χ4n) is 3.91. The van der Waals surface area contributed by atoms with Gasteiger partial charge in [0.15, 0.2) is 0 Å². The standard InChI is InChI=1S/C21H26N2O4/c1-4-26-20(24)15-11-18(23(3)19(15)21(25)27-5-2)17-13-22-12-16(17)14-9-7-6-8-10-14/h6-10,12-13,15,18-19,22H,4-5,11H2,1-3H3/t15-,18-,19+/m0/s1. The SMILES string of the molecule is CCOC(=O)[C@H]1C[C@@H](c2c[nH]cc2-c2ccccc2)N(C)[C@H]1C(=O)OCC. The number of likely N-dealkylation sites (N-methyl/N-ethyl adjacent to an activating group) is 1. The van der Waals surface area contributed by atoms with Gasteiger partial charge in [-0.3, -0.25) is 14.5 Å². The number of benzene rings is 1. The van der Waals surface area contributed by atoms with Crippen LogP contribution in [0.3, 0.4) is 0 Å². The van der Waals surface area contributed by atoms with Gasteiger partial charge in [0.1, 0.15) is 6.04 Å². The van der Waals surface area contributed by atoms with Crippen LogP contribution in [0.5, 0.6) is 0 Å². The molecule has 1 aliphatic heterocycles. The molecule has 2 aromatic rings. The number of H-pyrrole nitrogens is 1. The molecule has 144 valence electrons. The van der Waals surface area contributed by atoms with Gasteiger partial charge >= 0.3 is 11.9 Å². The Morgan fingerprint density at radius 3 is 2.41 bits per heavy atom. The minimum absolute atomic E-state index is 0.0877. The molecule has 0 spiro atoms. The number of carbonyl (C=O) groups excluding carboxylic acids is 2. The molecular formula is C21H26N2O4. The van der Waals surface area contributed by atoms with Gasteiger partial charge in [0.05, 0.1) is 19.1 Å². The maximum atomic E-state index is 12.6. The van der Waals surface area contributed by atoms with Crippen molar-refractivity contribution in [3.63, 3.8) is 0 Å². The van der Waals surface area contributed by atoms with E-state index < -0.39 is 12.0 Å². The van der Waals surface area contributed by atoms with Gasteiger partial charge in [0, 0.05) is 24.0 Å². The minimum Gasteiger partial charge on any atom is -0.466 e. The third-order valence-corrected chi connectivity index (χ3v) is 5.13. The van der Waals surface area contributed by atoms with Gasteiger partial charge in [0.25, 0.3) is 0 Å². The van der Waals surface area contributed by atoms with Crippen molar-refractivity contribution in [2.24, 2.45) is 5.92 Å². The maximum absolute atomic E-state index is 12.6. The molecule has 1 saturated heterocycles. The third-order valence-electron chi connectivity index (χ3n) is 5.13. The van der Waals surface area contributed by atoms with E-state index in [2.05, 4.69) is 4.98 Å². The summed E-state index contributed by atoms with van der Waals surface area (Å²) in [5, 5.41) is 0. The van der Waals surface area contributed by atoms with Crippen molar-refractivity contribution in [2.45, 2.75) is 32.4 Å². The molecule has 0 radical (unpaired) electrons. The molecule has 6 nitrogen and oxygen atoms in total. The van der Waals surface area contributed by atoms with Crippen LogP contribution in [0.2, 0.25) is 0 Å². The molecular weight excluding hydrogens is 344 g/mol. The van der Waals surface area contributed by atoms with Crippen LogP contribution in [0.1, 0.15) is 31.9 Å². The number of esters is 2. The molecule has 0 aliphatic carbocycles. The van der Waals surface area contributed by atoms with Crippen LogP contribution in [-0.4, -0.2) is 48.1 Å². The van der Waals surface area contributed by atoms with Crippen LogP contribution in [-0.2, 0) is 19.1 Å². The molecule has 1 aromatic carbocycles. The van der Waals surface area contributed by atoms with E-state index in [1.165, 1.54) is 0 Å². The van der Waals surface area contributed by atoms with E-state index in [1.54, 1.807) is 13.8 Å². The number of rotatable bonds is 6. The van der Waals surface area contributed by atoms with Crippen molar-refractivity contribution < 1.29 is 19.1 Å². The Morgan fingerprint density at radius 1 is 1.07 bits per heavy atom. The highest BCUT2D eigenvalue weighted by Gasteiger charge is 2.49. The number of nitrogens with one attached hydrogen (secondary N) is 1. The summed E-state index contributed by atoms with van der Waals surface area (Å²) in [6, 6.07) is 9.33. The summed E-state index contributed by atoms with van der Waals surface area (Å²) in [4.78, 5) is 30.2. The summed E-state index contributed by atoms with van der Waals surface area (Å²) in [6.45, 7) is 4.11. The van der Waals surface area contributed by atoms with Crippen molar-refractivity contribution in [1.29, 1.82) is 0 Å². The average molecular weight is 370 g/mol. The van der Waals surface area contributed by atoms with E-state index in [0.717, 1.165) is 16.7 Å². The zero-order valence-corrected chi connectivity index (χ0v) is 16.0. The Labute approximate surface area is 159 Å². The third kappa shape index (κ3) is 3.76. The summed E-state index contributed by atoms with van der Waals surface area (Å²) in [7, 11) is 1.87. The number of likely N-dealkylation sites (tertiary alicyclic amines) is 1. The van der Waals surface area contributed by atoms with Crippen LogP contribution in [0, 0.1) is 5.92 Å². The number of hydrogen-bond acceptors (Lipinski definition) is 5. The van der Waals surface area contributed by atoms with Crippen molar-refractivity contribution in [1.82, 2.24) is 9.88 Å². The van der Waals surface area contributed by atoms with Crippen LogP contribution >= 0.6 is 0 Å². The van der Waals surface area contributed by atoms with Gasteiger partial charge in [-0.1, -0.05) is 30.3 Å². The Kier molecular flexibility index (Phi) is 5.96. The molecule has 0 unspecified atom stereocenters. The smallest absolute Gasteiger partial charge is 0.324 e. The predicted molar refractivity (Wildman–Crippen MR) is 102 cm³/mol. The summed E-state index contributed by atoms with van der Waals surface area (Å²) in [5.74, 6) is -1.27. The van der Waals surface area contributed by atoms with Gasteiger partial charge in [-0.05, 0) is 38.4 Å². The van der Waals surface area contributed by atoms with Crippen LogP contribution in [0.4, 0.5) is 0 Å². The first-order chi connectivity index (χ1) is 13.1. The topological polar surface area (TPSA) is 71.6 Å². The largest absolute Gasteiger partial charge is 0.466 e. The lowest BCUT2D eigenvalue weighted by Gasteiger charge is -2.25. The van der Waals surface area contributed by atoms with E-state index >= 15 is 0 Å². The number of nitrogens with zero attached hydrogens (tertiary/aromatic N) is 1. The molecule has 0 saturated carbocycles. The Hall–Kier alpha value is -2.60. The summed E-state index contributed by atoms with van der Waals surface area (Å²) < 4.78 is 10.5. The summed E-state index contributed by atoms with van der Waals surface area (Å²) in [6.07, 6.45) is 4.41. The van der Waals surface area contributed by atoms with Crippen molar-refractivity contribution >= 4 is 11.9 Å². The molecule has 1 fully saturated rings. The lowest BCUT2D eigenvalue weighted by atomic mass is 9.94. The Morgan fingerprint density at radius 2 is 1.74 bits per heavy atom. The van der Waals surface area contributed by atoms with E-state index in [1.807, 2.05) is 54.7 Å². The first-order valence-corrected chi connectivity index (χ1v) is 9.35. The van der Waals surface area contributed by atoms with Crippen LogP contribution < -0.4 is 0 Å². The lowest BCUT2D eigenvalue weighted by Crippen LogP contribution is -2.42. The van der Waals surface area contributed by atoms with Crippen LogP contribution in [0.15, 0.2) is 42.7 Å². The number of carbonyl (C=O) groups is 2. The van der Waals surface area contributed by atoms with E-state index in [9.17, 15) is 9.59 Å². The molecule has 3 rings (SSSR count). The van der Waals surface area contributed by atoms with E-state index in [4.69, 9.17) is 9.47 Å². The summed E-state index contributed by atoms with van der Waals surface area (Å²) >= 11 is 0. The number of aromatic amines is 1. The number of ether oxygens (including phenoxy) is 2. The molecule has 6 heteroatoms. The molecule has 1 aliphatic rings. The highest BCUT2D eigenvalue weighted by atomic mass is 16.5. The van der Waals surface area contributed by atoms with Gasteiger partial charge in [-0.15, -0.1) is 0 Å². The fraction of sp³-hybridized carbons (Fsp3) is 0.429. The maximum Gasteiger partial charge on any atom is 0.324 e. The van der Waals surface area contributed by atoms with Gasteiger partial charge < -0.3 is 14.5 Å². The molecule has 1 aromatic heterocycles. The molecule has 0 bridgehead atoms. The van der Waals surface area contributed by atoms with Gasteiger partial charge in [0.2, 0.25) is 0 Å². The van der Waals surface area contributed by atoms with Crippen molar-refractivity contribution in [2.75, 3.05) is 20.3 Å². The summed E-state index contributed by atoms with van der Waals surface area (Å²) in [5.41, 5.74) is 3.22. The quantitative estimate of drug-likeness (QED) is 0.791. The van der Waals surface area contributed by atoms with E-state index in [-0.39, 0.29) is 24.6 Å². The van der Waals surface area contributed by atoms with Crippen LogP contribution in [0.25, 0.3) is 11.1 Å². The van der Waals surface area contributed by atoms with Gasteiger partial charge in [-0.2, -0.15) is 0 Å². The second kappa shape index (κ2) is 8.39. The molecule has 2 heterocycles. The average Bonchev–Trinajstić information content (AvgIpc) is 3.27. The fourth-order valence-corrected chi connectivity index (χ4v) is 3.91. The van der Waals surface area contributed by atoms with Crippen molar-refractivity contribution in [3.8, 4) is 11.1 Å². The van der Waals surface area contributed by atoms with Crippen molar-refractivity contribution in [3.05, 3.63) is 48.3 Å². The zero-order chi connectivity index (χ0) is 19.4. The van der Waals surface area contributed by atoms with E-state index in [0.29, 0.717) is 13.0 Å². The molecule has 0 amide bonds. The normalized spacial score (nSPS) is 22.6. The monoisotopic (exact) mass is 370 g/mol. The Balaban J connectivity index is 1.94. The molecule has 3 atom stereocenters. The highest BCUT2D eigenvalue weighted by molar-refractivity contribution is 5.86. The highest BCUT2D eigenvalue weighted by Crippen LogP contribution is 2.43. The number of hydrogen-bond donors (Lipinski definition) is 1. The minimum atomic E-state index is -0.646. The number of aromatic nitrogens is 1. The molecule has 1 N–H and O–H groups in total. The predicted octanol–water partition coefficient (Wildman–Crippen LogP) is 3.17. The molecule has 27 heavy (non-hydrogen) atoms. The lowest BCUT2D eigenvalue weighted by molar-refractivity contribution is -0.158. The second-order valence-corrected chi connectivity index (χ2v) is 6.66.